The summed E-state index contributed by atoms with van der Waals surface area (Å²) in [6, 6.07) is 5.99. The molecule has 0 atom stereocenters. The fourth-order valence-corrected chi connectivity index (χ4v) is 1.37. The lowest BCUT2D eigenvalue weighted by Gasteiger charge is -2.13. The second kappa shape index (κ2) is 3.64. The molecule has 2 rings (SSSR count). The van der Waals surface area contributed by atoms with E-state index >= 15 is 0 Å². The molecule has 0 saturated heterocycles. The van der Waals surface area contributed by atoms with Crippen molar-refractivity contribution in [3.05, 3.63) is 39.3 Å². The highest BCUT2D eigenvalue weighted by Gasteiger charge is 2.30. The number of nitro groups is 1. The lowest BCUT2D eigenvalue weighted by Crippen LogP contribution is -2.17. The number of nitrogens with zero attached hydrogens (tertiary/aromatic N) is 3. The maximum absolute atomic E-state index is 10.5. The average molecular weight is 207 g/mol. The van der Waals surface area contributed by atoms with Crippen LogP contribution in [-0.4, -0.2) is 11.0 Å². The van der Waals surface area contributed by atoms with Crippen molar-refractivity contribution in [2.24, 2.45) is 5.29 Å². The number of rotatable bonds is 4. The van der Waals surface area contributed by atoms with E-state index < -0.39 is 4.92 Å². The second-order valence-electron chi connectivity index (χ2n) is 3.43. The van der Waals surface area contributed by atoms with Gasteiger partial charge in [-0.1, -0.05) is 0 Å². The summed E-state index contributed by atoms with van der Waals surface area (Å²) in [6.07, 6.45) is 1.89. The van der Waals surface area contributed by atoms with Crippen molar-refractivity contribution in [1.29, 1.82) is 0 Å². The first-order valence-corrected chi connectivity index (χ1v) is 4.59. The zero-order valence-corrected chi connectivity index (χ0v) is 7.87. The van der Waals surface area contributed by atoms with E-state index in [1.54, 1.807) is 0 Å². The van der Waals surface area contributed by atoms with Gasteiger partial charge in [0, 0.05) is 12.1 Å². The van der Waals surface area contributed by atoms with Gasteiger partial charge in [-0.3, -0.25) is 10.1 Å². The lowest BCUT2D eigenvalue weighted by atomic mass is 10.3. The fraction of sp³-hybridized carbons (Fsp3) is 0.333. The number of hydrogen-bond acceptors (Lipinski definition) is 4. The molecule has 1 saturated carbocycles. The van der Waals surface area contributed by atoms with Crippen LogP contribution in [0.2, 0.25) is 0 Å². The van der Waals surface area contributed by atoms with Crippen LogP contribution in [0.1, 0.15) is 12.8 Å². The van der Waals surface area contributed by atoms with Crippen LogP contribution in [0.4, 0.5) is 11.4 Å². The summed E-state index contributed by atoms with van der Waals surface area (Å²) in [5.41, 5.74) is 0.624. The van der Waals surface area contributed by atoms with E-state index in [1.165, 1.54) is 29.3 Å². The van der Waals surface area contributed by atoms with Gasteiger partial charge < -0.3 is 0 Å². The zero-order valence-electron chi connectivity index (χ0n) is 7.87. The first-order chi connectivity index (χ1) is 7.22. The third-order valence-corrected chi connectivity index (χ3v) is 2.31. The van der Waals surface area contributed by atoms with E-state index in [1.807, 2.05) is 0 Å². The van der Waals surface area contributed by atoms with Crippen molar-refractivity contribution >= 4 is 11.4 Å². The summed E-state index contributed by atoms with van der Waals surface area (Å²) in [7, 11) is 0. The predicted molar refractivity (Wildman–Crippen MR) is 54.4 cm³/mol. The summed E-state index contributed by atoms with van der Waals surface area (Å²) in [5, 5.41) is 14.7. The number of benzene rings is 1. The maximum Gasteiger partial charge on any atom is 0.269 e. The summed E-state index contributed by atoms with van der Waals surface area (Å²) >= 11 is 0. The van der Waals surface area contributed by atoms with Crippen molar-refractivity contribution in [3.8, 4) is 0 Å². The van der Waals surface area contributed by atoms with Gasteiger partial charge in [0.2, 0.25) is 0 Å². The Morgan fingerprint density at radius 1 is 1.33 bits per heavy atom. The molecule has 6 heteroatoms. The van der Waals surface area contributed by atoms with Gasteiger partial charge in [-0.05, 0) is 25.0 Å². The molecule has 1 aliphatic carbocycles. The molecule has 0 radical (unpaired) electrons. The molecule has 1 aromatic carbocycles. The van der Waals surface area contributed by atoms with Crippen LogP contribution in [0.3, 0.4) is 0 Å². The first-order valence-electron chi connectivity index (χ1n) is 4.59. The SMILES string of the molecule is O=NN(c1ccc([N+](=O)[O-])cc1)C1CC1. The standard InChI is InChI=1S/C9H9N3O3/c13-10-11(7-1-2-7)8-3-5-9(6-4-8)12(14)15/h3-7H,1-2H2. The minimum Gasteiger partial charge on any atom is -0.258 e. The number of hydrogen-bond donors (Lipinski definition) is 0. The van der Waals surface area contributed by atoms with Gasteiger partial charge in [0.1, 0.15) is 0 Å². The van der Waals surface area contributed by atoms with Gasteiger partial charge in [0.15, 0.2) is 0 Å². The molecule has 78 valence electrons. The van der Waals surface area contributed by atoms with Crippen LogP contribution in [0.5, 0.6) is 0 Å². The molecule has 0 bridgehead atoms. The maximum atomic E-state index is 10.5. The smallest absolute Gasteiger partial charge is 0.258 e. The molecule has 1 aliphatic rings. The largest absolute Gasteiger partial charge is 0.269 e. The third kappa shape index (κ3) is 1.93. The molecule has 0 spiro atoms. The monoisotopic (exact) mass is 207 g/mol. The van der Waals surface area contributed by atoms with Crippen LogP contribution in [0, 0.1) is 15.0 Å². The van der Waals surface area contributed by atoms with E-state index in [4.69, 9.17) is 0 Å². The van der Waals surface area contributed by atoms with Crippen LogP contribution < -0.4 is 5.01 Å². The highest BCUT2D eigenvalue weighted by Crippen LogP contribution is 2.32. The Kier molecular flexibility index (Phi) is 2.32. The van der Waals surface area contributed by atoms with E-state index in [2.05, 4.69) is 5.29 Å². The molecule has 0 heterocycles. The molecule has 1 fully saturated rings. The minimum atomic E-state index is -0.473. The van der Waals surface area contributed by atoms with Crippen LogP contribution in [-0.2, 0) is 0 Å². The summed E-state index contributed by atoms with van der Waals surface area (Å²) in [6.45, 7) is 0. The molecule has 0 unspecified atom stereocenters. The van der Waals surface area contributed by atoms with Gasteiger partial charge in [-0.2, -0.15) is 0 Å². The minimum absolute atomic E-state index is 0.0143. The fourth-order valence-electron chi connectivity index (χ4n) is 1.37. The van der Waals surface area contributed by atoms with Crippen LogP contribution in [0.15, 0.2) is 29.6 Å². The molecule has 15 heavy (non-hydrogen) atoms. The average Bonchev–Trinajstić information content (AvgIpc) is 3.04. The van der Waals surface area contributed by atoms with Crippen molar-refractivity contribution in [2.45, 2.75) is 18.9 Å². The zero-order chi connectivity index (χ0) is 10.8. The lowest BCUT2D eigenvalue weighted by molar-refractivity contribution is -0.384. The Bertz CT molecular complexity index is 386. The summed E-state index contributed by atoms with van der Waals surface area (Å²) in [5.74, 6) is 0. The van der Waals surface area contributed by atoms with Crippen molar-refractivity contribution in [1.82, 2.24) is 0 Å². The van der Waals surface area contributed by atoms with E-state index in [0.717, 1.165) is 12.8 Å². The van der Waals surface area contributed by atoms with E-state index in [9.17, 15) is 15.0 Å². The number of anilines is 1. The highest BCUT2D eigenvalue weighted by atomic mass is 16.6. The molecular weight excluding hydrogens is 198 g/mol. The van der Waals surface area contributed by atoms with Gasteiger partial charge in [-0.25, -0.2) is 5.01 Å². The molecule has 0 amide bonds. The van der Waals surface area contributed by atoms with E-state index in [0.29, 0.717) is 5.69 Å². The topological polar surface area (TPSA) is 75.8 Å². The summed E-state index contributed by atoms with van der Waals surface area (Å²) < 4.78 is 0. The molecule has 6 nitrogen and oxygen atoms in total. The highest BCUT2D eigenvalue weighted by molar-refractivity contribution is 5.51. The van der Waals surface area contributed by atoms with Gasteiger partial charge in [0.05, 0.1) is 21.9 Å². The number of nitroso groups, excluding NO2 is 1. The predicted octanol–water partition coefficient (Wildman–Crippen LogP) is 2.25. The number of nitro benzene ring substituents is 1. The molecular formula is C9H9N3O3. The van der Waals surface area contributed by atoms with Gasteiger partial charge in [0.25, 0.3) is 5.69 Å². The normalized spacial score (nSPS) is 14.7. The third-order valence-electron chi connectivity index (χ3n) is 2.31. The van der Waals surface area contributed by atoms with Gasteiger partial charge in [-0.15, -0.1) is 4.91 Å². The Hall–Kier alpha value is -1.98. The second-order valence-corrected chi connectivity index (χ2v) is 3.43. The molecule has 1 aromatic rings. The Morgan fingerprint density at radius 3 is 2.33 bits per heavy atom. The Balaban J connectivity index is 2.21. The van der Waals surface area contributed by atoms with Crippen LogP contribution in [0.25, 0.3) is 0 Å². The Labute approximate surface area is 85.6 Å². The molecule has 0 N–H and O–H groups in total. The van der Waals surface area contributed by atoms with E-state index in [-0.39, 0.29) is 11.7 Å². The molecule has 0 aliphatic heterocycles. The van der Waals surface area contributed by atoms with Crippen molar-refractivity contribution < 1.29 is 4.92 Å². The quantitative estimate of drug-likeness (QED) is 0.431. The van der Waals surface area contributed by atoms with Gasteiger partial charge >= 0.3 is 0 Å². The Morgan fingerprint density at radius 2 is 1.93 bits per heavy atom. The molecule has 0 aromatic heterocycles. The van der Waals surface area contributed by atoms with Crippen molar-refractivity contribution in [2.75, 3.05) is 5.01 Å². The summed E-state index contributed by atoms with van der Waals surface area (Å²) in [4.78, 5) is 20.5. The first kappa shape index (κ1) is 9.57. The van der Waals surface area contributed by atoms with Crippen LogP contribution >= 0.6 is 0 Å². The number of non-ortho nitro benzene ring substituents is 1. The van der Waals surface area contributed by atoms with Crippen molar-refractivity contribution in [3.63, 3.8) is 0 Å².